The molecule has 1 atom stereocenters. The third-order valence-corrected chi connectivity index (χ3v) is 4.49. The molecule has 0 bridgehead atoms. The number of fused-ring (bicyclic) bond motifs is 1. The van der Waals surface area contributed by atoms with Gasteiger partial charge in [-0.1, -0.05) is 12.1 Å². The lowest BCUT2D eigenvalue weighted by Gasteiger charge is -2.33. The Morgan fingerprint density at radius 3 is 2.79 bits per heavy atom. The van der Waals surface area contributed by atoms with Gasteiger partial charge >= 0.3 is 5.97 Å². The van der Waals surface area contributed by atoms with E-state index in [-0.39, 0.29) is 10.6 Å². The topological polar surface area (TPSA) is 93.7 Å². The van der Waals surface area contributed by atoms with Gasteiger partial charge in [-0.15, -0.1) is 11.3 Å². The number of carbonyl (C=O) groups is 3. The first-order chi connectivity index (χ1) is 11.5. The van der Waals surface area contributed by atoms with Gasteiger partial charge in [0.25, 0.3) is 17.4 Å². The molecule has 0 saturated carbocycles. The average molecular weight is 346 g/mol. The Hall–Kier alpha value is -2.87. The van der Waals surface area contributed by atoms with Crippen molar-refractivity contribution in [3.8, 4) is 5.75 Å². The van der Waals surface area contributed by atoms with Gasteiger partial charge in [-0.3, -0.25) is 9.59 Å². The van der Waals surface area contributed by atoms with Crippen molar-refractivity contribution in [3.63, 3.8) is 0 Å². The molecule has 1 unspecified atom stereocenters. The van der Waals surface area contributed by atoms with E-state index in [4.69, 9.17) is 4.74 Å². The Morgan fingerprint density at radius 2 is 2.04 bits per heavy atom. The minimum atomic E-state index is -1.76. The Morgan fingerprint density at radius 1 is 1.29 bits per heavy atom. The number of ether oxygens (including phenoxy) is 2. The van der Waals surface area contributed by atoms with E-state index in [9.17, 15) is 14.4 Å². The molecular weight excluding hydrogens is 332 g/mol. The number of methoxy groups -OCH3 is 1. The van der Waals surface area contributed by atoms with E-state index in [1.807, 2.05) is 0 Å². The number of rotatable bonds is 3. The zero-order valence-electron chi connectivity index (χ0n) is 12.9. The monoisotopic (exact) mass is 346 g/mol. The number of hydrogen-bond acceptors (Lipinski definition) is 6. The van der Waals surface area contributed by atoms with Crippen LogP contribution in [0.3, 0.4) is 0 Å². The summed E-state index contributed by atoms with van der Waals surface area (Å²) in [5.41, 5.74) is -0.990. The number of hydrogen-bond donors (Lipinski definition) is 2. The molecule has 2 aromatic rings. The fourth-order valence-electron chi connectivity index (χ4n) is 2.22. The third-order valence-electron chi connectivity index (χ3n) is 3.60. The summed E-state index contributed by atoms with van der Waals surface area (Å²) in [4.78, 5) is 36.9. The third kappa shape index (κ3) is 2.61. The quantitative estimate of drug-likeness (QED) is 0.657. The number of anilines is 2. The van der Waals surface area contributed by atoms with Crippen molar-refractivity contribution < 1.29 is 23.9 Å². The van der Waals surface area contributed by atoms with Gasteiger partial charge in [-0.25, -0.2) is 4.79 Å². The highest BCUT2D eigenvalue weighted by atomic mass is 32.1. The zero-order valence-corrected chi connectivity index (χ0v) is 13.7. The lowest BCUT2D eigenvalue weighted by atomic mass is 10.0. The van der Waals surface area contributed by atoms with E-state index < -0.39 is 23.4 Å². The summed E-state index contributed by atoms with van der Waals surface area (Å²) in [5, 5.41) is 6.85. The Labute approximate surface area is 141 Å². The fraction of sp³-hybridized carbons (Fsp3) is 0.188. The molecule has 0 radical (unpaired) electrons. The van der Waals surface area contributed by atoms with E-state index in [0.29, 0.717) is 11.4 Å². The second kappa shape index (κ2) is 5.97. The Balaban J connectivity index is 1.86. The highest BCUT2D eigenvalue weighted by molar-refractivity contribution is 7.12. The van der Waals surface area contributed by atoms with E-state index in [1.54, 1.807) is 35.7 Å². The highest BCUT2D eigenvalue weighted by Crippen LogP contribution is 2.34. The number of carbonyl (C=O) groups excluding carboxylic acids is 3. The van der Waals surface area contributed by atoms with E-state index in [0.717, 1.165) is 11.3 Å². The summed E-state index contributed by atoms with van der Waals surface area (Å²) in [6.07, 6.45) is 0. The predicted molar refractivity (Wildman–Crippen MR) is 88.4 cm³/mol. The number of benzene rings is 1. The summed E-state index contributed by atoms with van der Waals surface area (Å²) >= 11 is 1.13. The molecule has 3 rings (SSSR count). The molecule has 24 heavy (non-hydrogen) atoms. The molecule has 7 nitrogen and oxygen atoms in total. The molecule has 8 heteroatoms. The van der Waals surface area contributed by atoms with Gasteiger partial charge in [0.05, 0.1) is 18.5 Å². The molecule has 2 amide bonds. The minimum absolute atomic E-state index is 0.242. The van der Waals surface area contributed by atoms with Gasteiger partial charge in [0.2, 0.25) is 0 Å². The fourth-order valence-corrected chi connectivity index (χ4v) is 2.98. The van der Waals surface area contributed by atoms with Crippen LogP contribution in [0.2, 0.25) is 0 Å². The van der Waals surface area contributed by atoms with Crippen LogP contribution in [-0.4, -0.2) is 30.5 Å². The van der Waals surface area contributed by atoms with Gasteiger partial charge in [0, 0.05) is 0 Å². The first-order valence-electron chi connectivity index (χ1n) is 7.02. The molecule has 2 heterocycles. The zero-order chi connectivity index (χ0) is 17.3. The van der Waals surface area contributed by atoms with Crippen LogP contribution in [0.25, 0.3) is 0 Å². The second-order valence-corrected chi connectivity index (χ2v) is 6.11. The van der Waals surface area contributed by atoms with Crippen molar-refractivity contribution >= 4 is 40.5 Å². The van der Waals surface area contributed by atoms with Crippen LogP contribution in [-0.2, 0) is 14.3 Å². The van der Waals surface area contributed by atoms with Crippen LogP contribution in [0.4, 0.5) is 11.4 Å². The van der Waals surface area contributed by atoms with Crippen molar-refractivity contribution in [2.24, 2.45) is 0 Å². The lowest BCUT2D eigenvalue weighted by molar-refractivity contribution is -0.143. The van der Waals surface area contributed by atoms with Crippen molar-refractivity contribution in [2.45, 2.75) is 12.5 Å². The Kier molecular flexibility index (Phi) is 3.98. The van der Waals surface area contributed by atoms with Crippen LogP contribution in [0.1, 0.15) is 16.6 Å². The molecule has 1 aromatic heterocycles. The van der Waals surface area contributed by atoms with Crippen LogP contribution in [0.15, 0.2) is 35.7 Å². The van der Waals surface area contributed by atoms with Gasteiger partial charge in [-0.2, -0.15) is 0 Å². The number of esters is 1. The van der Waals surface area contributed by atoms with Crippen LogP contribution < -0.4 is 15.4 Å². The molecule has 1 aromatic carbocycles. The molecule has 0 fully saturated rings. The summed E-state index contributed by atoms with van der Waals surface area (Å²) in [5.74, 6) is -1.44. The summed E-state index contributed by atoms with van der Waals surface area (Å²) in [7, 11) is 1.25. The molecular formula is C16H14N2O5S. The van der Waals surface area contributed by atoms with Crippen molar-refractivity contribution in [1.29, 1.82) is 0 Å². The molecule has 0 aliphatic carbocycles. The van der Waals surface area contributed by atoms with E-state index >= 15 is 0 Å². The summed E-state index contributed by atoms with van der Waals surface area (Å²) < 4.78 is 10.3. The summed E-state index contributed by atoms with van der Waals surface area (Å²) in [6, 6.07) is 8.39. The SMILES string of the molecule is COC(=O)c1sccc1NC(=O)C1(C)Oc2ccccc2NC1=O. The first-order valence-corrected chi connectivity index (χ1v) is 7.90. The second-order valence-electron chi connectivity index (χ2n) is 5.19. The van der Waals surface area contributed by atoms with E-state index in [1.165, 1.54) is 14.0 Å². The molecule has 1 aliphatic rings. The smallest absolute Gasteiger partial charge is 0.350 e. The number of para-hydroxylation sites is 2. The normalized spacial score (nSPS) is 18.8. The van der Waals surface area contributed by atoms with Crippen LogP contribution >= 0.6 is 11.3 Å². The van der Waals surface area contributed by atoms with E-state index in [2.05, 4.69) is 15.4 Å². The number of thiophene rings is 1. The van der Waals surface area contributed by atoms with Crippen LogP contribution in [0.5, 0.6) is 5.75 Å². The predicted octanol–water partition coefficient (Wildman–Crippen LogP) is 2.26. The average Bonchev–Trinajstić information content (AvgIpc) is 3.03. The molecule has 124 valence electrons. The van der Waals surface area contributed by atoms with Gasteiger partial charge < -0.3 is 20.1 Å². The maximum Gasteiger partial charge on any atom is 0.350 e. The molecule has 0 saturated heterocycles. The highest BCUT2D eigenvalue weighted by Gasteiger charge is 2.47. The standard InChI is InChI=1S/C16H14N2O5S/c1-16(14(20)17-9-5-3-4-6-11(9)23-16)15(21)18-10-7-8-24-12(10)13(19)22-2/h3-8H,1-2H3,(H,17,20)(H,18,21). The first kappa shape index (κ1) is 16.0. The largest absolute Gasteiger partial charge is 0.466 e. The molecule has 2 N–H and O–H groups in total. The number of amides is 2. The lowest BCUT2D eigenvalue weighted by Crippen LogP contribution is -2.56. The van der Waals surface area contributed by atoms with Gasteiger partial charge in [0.1, 0.15) is 10.6 Å². The summed E-state index contributed by atoms with van der Waals surface area (Å²) in [6.45, 7) is 1.37. The van der Waals surface area contributed by atoms with Gasteiger partial charge in [0.15, 0.2) is 0 Å². The Bertz CT molecular complexity index is 831. The maximum absolute atomic E-state index is 12.6. The molecule has 1 aliphatic heterocycles. The van der Waals surface area contributed by atoms with Crippen molar-refractivity contribution in [1.82, 2.24) is 0 Å². The van der Waals surface area contributed by atoms with Crippen molar-refractivity contribution in [2.75, 3.05) is 17.7 Å². The van der Waals surface area contributed by atoms with Gasteiger partial charge in [-0.05, 0) is 30.5 Å². The molecule has 0 spiro atoms. The minimum Gasteiger partial charge on any atom is -0.466 e. The van der Waals surface area contributed by atoms with Crippen molar-refractivity contribution in [3.05, 3.63) is 40.6 Å². The maximum atomic E-state index is 12.6. The number of nitrogens with one attached hydrogen (secondary N) is 2. The van der Waals surface area contributed by atoms with Crippen LogP contribution in [0, 0.1) is 0 Å².